The van der Waals surface area contributed by atoms with Crippen LogP contribution < -0.4 is 5.32 Å². The minimum Gasteiger partial charge on any atom is -0.468 e. The molecule has 0 bridgehead atoms. The molecular weight excluding hydrogens is 200 g/mol. The minimum atomic E-state index is 0.768. The van der Waals surface area contributed by atoms with Gasteiger partial charge in [-0.2, -0.15) is 0 Å². The Morgan fingerprint density at radius 3 is 2.88 bits per heavy atom. The number of nitrogens with zero attached hydrogens (tertiary/aromatic N) is 1. The molecule has 0 aliphatic heterocycles. The zero-order chi connectivity index (χ0) is 11.0. The maximum Gasteiger partial charge on any atom is 0.122 e. The van der Waals surface area contributed by atoms with E-state index in [1.54, 1.807) is 0 Å². The fourth-order valence-electron chi connectivity index (χ4n) is 2.08. The van der Waals surface area contributed by atoms with Crippen LogP contribution in [0.5, 0.6) is 0 Å². The average Bonchev–Trinajstić information content (AvgIpc) is 3.16. The summed E-state index contributed by atoms with van der Waals surface area (Å²) in [6.07, 6.45) is 7.21. The molecule has 3 rings (SSSR count). The summed E-state index contributed by atoms with van der Waals surface area (Å²) in [6.45, 7) is 1.92. The highest BCUT2D eigenvalue weighted by Gasteiger charge is 2.27. The smallest absolute Gasteiger partial charge is 0.122 e. The van der Waals surface area contributed by atoms with Gasteiger partial charge >= 0.3 is 0 Å². The van der Waals surface area contributed by atoms with Gasteiger partial charge in [0.2, 0.25) is 0 Å². The lowest BCUT2D eigenvalue weighted by molar-refractivity contribution is 0.283. The van der Waals surface area contributed by atoms with Gasteiger partial charge in [0.25, 0.3) is 0 Å². The van der Waals surface area contributed by atoms with Gasteiger partial charge in [-0.3, -0.25) is 4.90 Å². The van der Waals surface area contributed by atoms with Crippen molar-refractivity contribution < 1.29 is 4.42 Å². The van der Waals surface area contributed by atoms with Gasteiger partial charge in [-0.15, -0.1) is 0 Å². The Morgan fingerprint density at radius 1 is 1.38 bits per heavy atom. The highest BCUT2D eigenvalue weighted by Crippen LogP contribution is 2.27. The molecule has 3 nitrogen and oxygen atoms in total. The normalized spacial score (nSPS) is 20.6. The molecule has 0 aromatic carbocycles. The molecule has 0 spiro atoms. The summed E-state index contributed by atoms with van der Waals surface area (Å²) in [5.41, 5.74) is 1.33. The molecule has 1 heterocycles. The molecule has 2 saturated carbocycles. The van der Waals surface area contributed by atoms with E-state index >= 15 is 0 Å². The van der Waals surface area contributed by atoms with Crippen molar-refractivity contribution in [2.75, 3.05) is 7.05 Å². The van der Waals surface area contributed by atoms with Gasteiger partial charge in [0.15, 0.2) is 0 Å². The molecule has 1 aromatic heterocycles. The van der Waals surface area contributed by atoms with Crippen LogP contribution in [-0.4, -0.2) is 24.0 Å². The first-order chi connectivity index (χ1) is 7.83. The van der Waals surface area contributed by atoms with Crippen LogP contribution in [0.1, 0.15) is 37.0 Å². The van der Waals surface area contributed by atoms with Crippen LogP contribution in [0.3, 0.4) is 0 Å². The molecule has 0 radical (unpaired) electrons. The molecule has 88 valence electrons. The lowest BCUT2D eigenvalue weighted by Crippen LogP contribution is -2.21. The fraction of sp³-hybridized carbons (Fsp3) is 0.692. The van der Waals surface area contributed by atoms with Crippen LogP contribution in [0.15, 0.2) is 16.7 Å². The first kappa shape index (κ1) is 10.4. The third-order valence-electron chi connectivity index (χ3n) is 3.56. The van der Waals surface area contributed by atoms with Crippen LogP contribution in [-0.2, 0) is 13.1 Å². The summed E-state index contributed by atoms with van der Waals surface area (Å²) in [5, 5.41) is 3.54. The van der Waals surface area contributed by atoms with Crippen molar-refractivity contribution in [3.05, 3.63) is 23.7 Å². The molecule has 0 saturated heterocycles. The SMILES string of the molecule is CN(Cc1occc1CNC1CC1)C1CC1. The average molecular weight is 220 g/mol. The van der Waals surface area contributed by atoms with Crippen molar-refractivity contribution in [2.24, 2.45) is 0 Å². The van der Waals surface area contributed by atoms with Gasteiger partial charge < -0.3 is 9.73 Å². The lowest BCUT2D eigenvalue weighted by atomic mass is 10.2. The van der Waals surface area contributed by atoms with Crippen LogP contribution in [0.4, 0.5) is 0 Å². The Kier molecular flexibility index (Phi) is 2.74. The van der Waals surface area contributed by atoms with Crippen molar-refractivity contribution >= 4 is 0 Å². The summed E-state index contributed by atoms with van der Waals surface area (Å²) in [6, 6.07) is 3.67. The zero-order valence-electron chi connectivity index (χ0n) is 9.91. The van der Waals surface area contributed by atoms with E-state index in [1.807, 2.05) is 6.26 Å². The lowest BCUT2D eigenvalue weighted by Gasteiger charge is -2.14. The quantitative estimate of drug-likeness (QED) is 0.796. The second-order valence-corrected chi connectivity index (χ2v) is 5.17. The fourth-order valence-corrected chi connectivity index (χ4v) is 2.08. The molecule has 2 aliphatic rings. The zero-order valence-corrected chi connectivity index (χ0v) is 9.91. The third-order valence-corrected chi connectivity index (χ3v) is 3.56. The molecule has 16 heavy (non-hydrogen) atoms. The highest BCUT2D eigenvalue weighted by atomic mass is 16.3. The second kappa shape index (κ2) is 4.22. The van der Waals surface area contributed by atoms with Crippen molar-refractivity contribution in [1.82, 2.24) is 10.2 Å². The van der Waals surface area contributed by atoms with E-state index in [0.717, 1.165) is 30.9 Å². The first-order valence-corrected chi connectivity index (χ1v) is 6.32. The van der Waals surface area contributed by atoms with Crippen LogP contribution in [0.2, 0.25) is 0 Å². The van der Waals surface area contributed by atoms with E-state index in [4.69, 9.17) is 4.42 Å². The largest absolute Gasteiger partial charge is 0.468 e. The van der Waals surface area contributed by atoms with Gasteiger partial charge in [-0.25, -0.2) is 0 Å². The van der Waals surface area contributed by atoms with Gasteiger partial charge in [-0.1, -0.05) is 0 Å². The summed E-state index contributed by atoms with van der Waals surface area (Å²) in [4.78, 5) is 2.40. The topological polar surface area (TPSA) is 28.4 Å². The Bertz CT molecular complexity index is 353. The molecule has 3 heteroatoms. The number of rotatable bonds is 6. The maximum atomic E-state index is 5.58. The van der Waals surface area contributed by atoms with Crippen molar-refractivity contribution in [3.63, 3.8) is 0 Å². The molecule has 0 amide bonds. The Morgan fingerprint density at radius 2 is 2.19 bits per heavy atom. The standard InChI is InChI=1S/C13H20N2O/c1-15(12-4-5-12)9-13-10(6-7-16-13)8-14-11-2-3-11/h6-7,11-12,14H,2-5,8-9H2,1H3. The molecule has 0 unspecified atom stereocenters. The van der Waals surface area contributed by atoms with E-state index < -0.39 is 0 Å². The van der Waals surface area contributed by atoms with Gasteiger partial charge in [0.1, 0.15) is 5.76 Å². The highest BCUT2D eigenvalue weighted by molar-refractivity contribution is 5.17. The van der Waals surface area contributed by atoms with Gasteiger partial charge in [0, 0.05) is 24.2 Å². The molecule has 2 fully saturated rings. The van der Waals surface area contributed by atoms with E-state index in [-0.39, 0.29) is 0 Å². The van der Waals surface area contributed by atoms with Crippen LogP contribution >= 0.6 is 0 Å². The minimum absolute atomic E-state index is 0.768. The maximum absolute atomic E-state index is 5.58. The number of hydrogen-bond acceptors (Lipinski definition) is 3. The summed E-state index contributed by atoms with van der Waals surface area (Å²) in [5.74, 6) is 1.14. The number of nitrogens with one attached hydrogen (secondary N) is 1. The van der Waals surface area contributed by atoms with Crippen molar-refractivity contribution in [1.29, 1.82) is 0 Å². The monoisotopic (exact) mass is 220 g/mol. The summed E-state index contributed by atoms with van der Waals surface area (Å²) < 4.78 is 5.58. The van der Waals surface area contributed by atoms with Crippen LogP contribution in [0.25, 0.3) is 0 Å². The predicted molar refractivity (Wildman–Crippen MR) is 63.1 cm³/mol. The van der Waals surface area contributed by atoms with Crippen LogP contribution in [0, 0.1) is 0 Å². The van der Waals surface area contributed by atoms with Gasteiger partial charge in [-0.05, 0) is 38.8 Å². The third kappa shape index (κ3) is 2.47. The molecule has 1 aromatic rings. The summed E-state index contributed by atoms with van der Waals surface area (Å²) >= 11 is 0. The molecule has 1 N–H and O–H groups in total. The molecular formula is C13H20N2O. The second-order valence-electron chi connectivity index (χ2n) is 5.17. The Balaban J connectivity index is 1.57. The summed E-state index contributed by atoms with van der Waals surface area (Å²) in [7, 11) is 2.19. The van der Waals surface area contributed by atoms with E-state index in [9.17, 15) is 0 Å². The first-order valence-electron chi connectivity index (χ1n) is 6.32. The van der Waals surface area contributed by atoms with Crippen molar-refractivity contribution in [2.45, 2.75) is 50.9 Å². The molecule has 0 atom stereocenters. The number of hydrogen-bond donors (Lipinski definition) is 1. The van der Waals surface area contributed by atoms with E-state index in [1.165, 1.54) is 31.2 Å². The van der Waals surface area contributed by atoms with E-state index in [0.29, 0.717) is 0 Å². The molecule has 2 aliphatic carbocycles. The van der Waals surface area contributed by atoms with Gasteiger partial charge in [0.05, 0.1) is 12.8 Å². The van der Waals surface area contributed by atoms with E-state index in [2.05, 4.69) is 23.3 Å². The Hall–Kier alpha value is -0.800. The van der Waals surface area contributed by atoms with Crippen molar-refractivity contribution in [3.8, 4) is 0 Å². The number of furan rings is 1. The Labute approximate surface area is 96.8 Å². The predicted octanol–water partition coefficient (Wildman–Crippen LogP) is 2.13.